The Labute approximate surface area is 110 Å². The fraction of sp³-hybridized carbons (Fsp3) is 0.556. The number of piperazine rings is 1. The Morgan fingerprint density at radius 3 is 2.15 bits per heavy atom. The first-order valence-corrected chi connectivity index (χ1v) is 5.23. The van der Waals surface area contributed by atoms with Gasteiger partial charge in [-0.05, 0) is 0 Å². The van der Waals surface area contributed by atoms with E-state index in [1.807, 2.05) is 5.32 Å². The summed E-state index contributed by atoms with van der Waals surface area (Å²) in [5.74, 6) is -3.34. The van der Waals surface area contributed by atoms with Crippen LogP contribution in [0.3, 0.4) is 0 Å². The first-order valence-electron chi connectivity index (χ1n) is 5.23. The Morgan fingerprint density at radius 2 is 1.75 bits per heavy atom. The summed E-state index contributed by atoms with van der Waals surface area (Å²) in [5, 5.41) is 10.4. The van der Waals surface area contributed by atoms with Crippen LogP contribution in [0.1, 0.15) is 0 Å². The number of rotatable bonds is 3. The smallest absolute Gasteiger partial charge is 0.406 e. The van der Waals surface area contributed by atoms with Crippen LogP contribution in [0.4, 0.5) is 18.0 Å². The number of nitrogens with zero attached hydrogens (tertiary/aromatic N) is 2. The fourth-order valence-electron chi connectivity index (χ4n) is 1.54. The van der Waals surface area contributed by atoms with Crippen LogP contribution in [0.2, 0.25) is 0 Å². The molecule has 0 unspecified atom stereocenters. The van der Waals surface area contributed by atoms with Crippen LogP contribution < -0.4 is 5.32 Å². The van der Waals surface area contributed by atoms with Crippen LogP contribution in [0.5, 0.6) is 0 Å². The average Bonchev–Trinajstić information content (AvgIpc) is 2.23. The number of nitrogens with one attached hydrogen (secondary N) is 1. The summed E-state index contributed by atoms with van der Waals surface area (Å²) in [7, 11) is 0. The van der Waals surface area contributed by atoms with E-state index in [1.54, 1.807) is 0 Å². The van der Waals surface area contributed by atoms with Crippen LogP contribution in [-0.2, 0) is 14.4 Å². The van der Waals surface area contributed by atoms with Crippen molar-refractivity contribution in [2.75, 3.05) is 26.2 Å². The predicted octanol–water partition coefficient (Wildman–Crippen LogP) is -0.986. The number of carboxylic acids is 1. The molecule has 0 radical (unpaired) electrons. The molecule has 0 bridgehead atoms. The topological polar surface area (TPSA) is 107 Å². The number of alkyl halides is 3. The summed E-state index contributed by atoms with van der Waals surface area (Å²) in [6.45, 7) is -4.20. The standard InChI is InChI=1S/C9H10F3N3O5/c10-9(11,12)4-15(3-7(18)19)8(20)14-1-5(16)13-6(17)2-14/h1-4H2,(H,18,19)(H,13,16,17). The molecular weight excluding hydrogens is 287 g/mol. The number of hydrogen-bond donors (Lipinski definition) is 2. The zero-order valence-electron chi connectivity index (χ0n) is 9.94. The molecule has 0 aromatic carbocycles. The molecule has 11 heteroatoms. The highest BCUT2D eigenvalue weighted by molar-refractivity contribution is 6.02. The van der Waals surface area contributed by atoms with E-state index in [1.165, 1.54) is 0 Å². The van der Waals surface area contributed by atoms with E-state index in [-0.39, 0.29) is 4.90 Å². The van der Waals surface area contributed by atoms with Crippen molar-refractivity contribution in [3.8, 4) is 0 Å². The Bertz CT molecular complexity index is 435. The first-order chi connectivity index (χ1) is 9.08. The van der Waals surface area contributed by atoms with Gasteiger partial charge in [0.15, 0.2) is 0 Å². The monoisotopic (exact) mass is 297 g/mol. The number of aliphatic carboxylic acids is 1. The lowest BCUT2D eigenvalue weighted by Crippen LogP contribution is -2.58. The van der Waals surface area contributed by atoms with Gasteiger partial charge in [-0.15, -0.1) is 0 Å². The van der Waals surface area contributed by atoms with Gasteiger partial charge in [0.05, 0.1) is 0 Å². The molecule has 112 valence electrons. The third-order valence-corrected chi connectivity index (χ3v) is 2.19. The SMILES string of the molecule is O=C(O)CN(CC(F)(F)F)C(=O)N1CC(=O)NC(=O)C1. The molecule has 1 aliphatic heterocycles. The van der Waals surface area contributed by atoms with Gasteiger partial charge in [0, 0.05) is 0 Å². The number of imide groups is 1. The van der Waals surface area contributed by atoms with Crippen molar-refractivity contribution in [1.82, 2.24) is 15.1 Å². The van der Waals surface area contributed by atoms with Crippen molar-refractivity contribution in [3.05, 3.63) is 0 Å². The third kappa shape index (κ3) is 4.74. The number of hydrogen-bond acceptors (Lipinski definition) is 4. The molecule has 1 saturated heterocycles. The molecule has 2 N–H and O–H groups in total. The van der Waals surface area contributed by atoms with Crippen molar-refractivity contribution in [3.63, 3.8) is 0 Å². The molecule has 1 aliphatic rings. The van der Waals surface area contributed by atoms with Gasteiger partial charge in [0.1, 0.15) is 26.2 Å². The molecule has 0 saturated carbocycles. The summed E-state index contributed by atoms with van der Waals surface area (Å²) >= 11 is 0. The summed E-state index contributed by atoms with van der Waals surface area (Å²) in [6, 6.07) is -1.34. The number of carbonyl (C=O) groups excluding carboxylic acids is 3. The van der Waals surface area contributed by atoms with Gasteiger partial charge >= 0.3 is 18.2 Å². The van der Waals surface area contributed by atoms with E-state index < -0.39 is 56.2 Å². The maximum atomic E-state index is 12.3. The lowest BCUT2D eigenvalue weighted by Gasteiger charge is -2.31. The second kappa shape index (κ2) is 5.75. The van der Waals surface area contributed by atoms with Gasteiger partial charge in [0.2, 0.25) is 11.8 Å². The van der Waals surface area contributed by atoms with E-state index in [2.05, 4.69) is 0 Å². The van der Waals surface area contributed by atoms with Crippen LogP contribution in [0.25, 0.3) is 0 Å². The molecule has 1 rings (SSSR count). The lowest BCUT2D eigenvalue weighted by atomic mass is 10.3. The molecule has 0 atom stereocenters. The fourth-order valence-corrected chi connectivity index (χ4v) is 1.54. The number of amides is 4. The van der Waals surface area contributed by atoms with Crippen molar-refractivity contribution in [2.24, 2.45) is 0 Å². The van der Waals surface area contributed by atoms with E-state index in [0.29, 0.717) is 4.90 Å². The Morgan fingerprint density at radius 1 is 1.25 bits per heavy atom. The molecule has 0 aliphatic carbocycles. The van der Waals surface area contributed by atoms with Crippen molar-refractivity contribution in [2.45, 2.75) is 6.18 Å². The second-order valence-corrected chi connectivity index (χ2v) is 3.97. The minimum Gasteiger partial charge on any atom is -0.480 e. The number of urea groups is 1. The highest BCUT2D eigenvalue weighted by atomic mass is 19.4. The maximum absolute atomic E-state index is 12.3. The highest BCUT2D eigenvalue weighted by Crippen LogP contribution is 2.17. The van der Waals surface area contributed by atoms with E-state index in [4.69, 9.17) is 5.11 Å². The molecule has 4 amide bonds. The molecule has 20 heavy (non-hydrogen) atoms. The summed E-state index contributed by atoms with van der Waals surface area (Å²) in [6.07, 6.45) is -4.80. The van der Waals surface area contributed by atoms with Crippen molar-refractivity contribution >= 4 is 23.8 Å². The highest BCUT2D eigenvalue weighted by Gasteiger charge is 2.37. The third-order valence-electron chi connectivity index (χ3n) is 2.19. The number of carbonyl (C=O) groups is 4. The number of halogens is 3. The molecule has 1 heterocycles. The van der Waals surface area contributed by atoms with Crippen LogP contribution in [-0.4, -0.2) is 71.1 Å². The van der Waals surface area contributed by atoms with Gasteiger partial charge in [-0.3, -0.25) is 19.7 Å². The van der Waals surface area contributed by atoms with Gasteiger partial charge in [-0.2, -0.15) is 13.2 Å². The minimum atomic E-state index is -4.80. The zero-order chi connectivity index (χ0) is 15.5. The Kier molecular flexibility index (Phi) is 4.53. The van der Waals surface area contributed by atoms with Gasteiger partial charge < -0.3 is 14.9 Å². The first kappa shape index (κ1) is 15.7. The van der Waals surface area contributed by atoms with Crippen molar-refractivity contribution in [1.29, 1.82) is 0 Å². The lowest BCUT2D eigenvalue weighted by molar-refractivity contribution is -0.149. The Hall–Kier alpha value is -2.33. The molecule has 0 aromatic heterocycles. The predicted molar refractivity (Wildman–Crippen MR) is 55.4 cm³/mol. The van der Waals surface area contributed by atoms with Gasteiger partial charge in [-0.1, -0.05) is 0 Å². The largest absolute Gasteiger partial charge is 0.480 e. The van der Waals surface area contributed by atoms with Gasteiger partial charge in [0.25, 0.3) is 0 Å². The summed E-state index contributed by atoms with van der Waals surface area (Å²) in [4.78, 5) is 44.9. The normalized spacial score (nSPS) is 15.8. The van der Waals surface area contributed by atoms with Crippen LogP contribution in [0.15, 0.2) is 0 Å². The van der Waals surface area contributed by atoms with E-state index in [9.17, 15) is 32.3 Å². The van der Waals surface area contributed by atoms with E-state index >= 15 is 0 Å². The second-order valence-electron chi connectivity index (χ2n) is 3.97. The molecule has 0 spiro atoms. The number of carboxylic acid groups (broad SMARTS) is 1. The quantitative estimate of drug-likeness (QED) is 0.651. The molecule has 1 fully saturated rings. The zero-order valence-corrected chi connectivity index (χ0v) is 9.94. The van der Waals surface area contributed by atoms with Crippen LogP contribution >= 0.6 is 0 Å². The molecular formula is C9H10F3N3O5. The van der Waals surface area contributed by atoms with Crippen LogP contribution in [0, 0.1) is 0 Å². The summed E-state index contributed by atoms with van der Waals surface area (Å²) < 4.78 is 36.9. The van der Waals surface area contributed by atoms with E-state index in [0.717, 1.165) is 0 Å². The Balaban J connectivity index is 2.83. The summed E-state index contributed by atoms with van der Waals surface area (Å²) in [5.41, 5.74) is 0. The minimum absolute atomic E-state index is 0.00815. The maximum Gasteiger partial charge on any atom is 0.406 e. The molecule has 8 nitrogen and oxygen atoms in total. The van der Waals surface area contributed by atoms with Crippen molar-refractivity contribution < 1.29 is 37.5 Å². The van der Waals surface area contributed by atoms with Gasteiger partial charge in [-0.25, -0.2) is 4.79 Å². The molecule has 0 aromatic rings. The average molecular weight is 297 g/mol.